The molecule has 3 rings (SSSR count). The summed E-state index contributed by atoms with van der Waals surface area (Å²) in [5, 5.41) is 0.984. The second-order valence-electron chi connectivity index (χ2n) is 3.89. The lowest BCUT2D eigenvalue weighted by atomic mass is 10.0. The first-order chi connectivity index (χ1) is 7.27. The Morgan fingerprint density at radius 3 is 2.93 bits per heavy atom. The molecule has 4 heteroatoms. The second-order valence-corrected chi connectivity index (χ2v) is 4.70. The summed E-state index contributed by atoms with van der Waals surface area (Å²) < 4.78 is 5.20. The number of hydrogen-bond donors (Lipinski definition) is 1. The van der Waals surface area contributed by atoms with Crippen molar-refractivity contribution in [3.05, 3.63) is 29.5 Å². The lowest BCUT2D eigenvalue weighted by Crippen LogP contribution is -2.11. The van der Waals surface area contributed by atoms with Crippen LogP contribution in [0.3, 0.4) is 0 Å². The highest BCUT2D eigenvalue weighted by molar-refractivity contribution is 7.13. The molecule has 0 saturated heterocycles. The minimum absolute atomic E-state index is 0.422. The largest absolute Gasteiger partial charge is 0.364 e. The monoisotopic (exact) mass is 218 g/mol. The van der Waals surface area contributed by atoms with Crippen molar-refractivity contribution in [2.45, 2.75) is 18.8 Å². The smallest absolute Gasteiger partial charge is 0.269 e. The highest BCUT2D eigenvalue weighted by atomic mass is 32.1. The number of nitrogens with zero attached hydrogens (tertiary/aromatic N) is 1. The number of rotatable bonds is 2. The fraction of sp³-hybridized carbons (Fsp3) is 0.273. The van der Waals surface area contributed by atoms with Crippen LogP contribution < -0.4 is 5.73 Å². The first-order valence-corrected chi connectivity index (χ1v) is 5.73. The SMILES string of the molecule is NC(=O)c1nsc2cccc(C3CC3)c12. The number of nitrogens with two attached hydrogens (primary N) is 1. The van der Waals surface area contributed by atoms with Gasteiger partial charge in [-0.15, -0.1) is 0 Å². The zero-order chi connectivity index (χ0) is 10.4. The van der Waals surface area contributed by atoms with Gasteiger partial charge in [0.15, 0.2) is 0 Å². The molecule has 1 fully saturated rings. The van der Waals surface area contributed by atoms with E-state index in [2.05, 4.69) is 10.4 Å². The Morgan fingerprint density at radius 1 is 1.47 bits per heavy atom. The van der Waals surface area contributed by atoms with Gasteiger partial charge >= 0.3 is 0 Å². The van der Waals surface area contributed by atoms with Gasteiger partial charge in [0.25, 0.3) is 5.91 Å². The predicted molar refractivity (Wildman–Crippen MR) is 60.1 cm³/mol. The van der Waals surface area contributed by atoms with E-state index in [0.29, 0.717) is 11.6 Å². The van der Waals surface area contributed by atoms with Crippen LogP contribution in [0.15, 0.2) is 18.2 Å². The normalized spacial score (nSPS) is 15.7. The van der Waals surface area contributed by atoms with Gasteiger partial charge in [-0.3, -0.25) is 4.79 Å². The number of amides is 1. The molecule has 0 unspecified atom stereocenters. The molecule has 1 saturated carbocycles. The van der Waals surface area contributed by atoms with E-state index >= 15 is 0 Å². The molecule has 2 N–H and O–H groups in total. The van der Waals surface area contributed by atoms with E-state index in [9.17, 15) is 4.79 Å². The van der Waals surface area contributed by atoms with Gasteiger partial charge in [0.05, 0.1) is 4.70 Å². The van der Waals surface area contributed by atoms with Crippen LogP contribution in [0.4, 0.5) is 0 Å². The molecule has 0 bridgehead atoms. The number of carbonyl (C=O) groups excluding carboxylic acids is 1. The van der Waals surface area contributed by atoms with Gasteiger partial charge in [0.2, 0.25) is 0 Å². The van der Waals surface area contributed by atoms with Crippen LogP contribution in [0.25, 0.3) is 10.1 Å². The molecular weight excluding hydrogens is 208 g/mol. The molecule has 3 nitrogen and oxygen atoms in total. The summed E-state index contributed by atoms with van der Waals surface area (Å²) in [6.07, 6.45) is 2.43. The molecule has 15 heavy (non-hydrogen) atoms. The predicted octanol–water partition coefficient (Wildman–Crippen LogP) is 2.27. The van der Waals surface area contributed by atoms with Gasteiger partial charge in [-0.1, -0.05) is 12.1 Å². The zero-order valence-corrected chi connectivity index (χ0v) is 8.88. The lowest BCUT2D eigenvalue weighted by molar-refractivity contribution is 0.0998. The average Bonchev–Trinajstić information content (AvgIpc) is 2.96. The van der Waals surface area contributed by atoms with Crippen LogP contribution in [0.5, 0.6) is 0 Å². The van der Waals surface area contributed by atoms with E-state index in [1.807, 2.05) is 12.1 Å². The number of aromatic nitrogens is 1. The zero-order valence-electron chi connectivity index (χ0n) is 8.06. The van der Waals surface area contributed by atoms with Crippen molar-refractivity contribution >= 4 is 27.5 Å². The van der Waals surface area contributed by atoms with Crippen LogP contribution in [-0.2, 0) is 0 Å². The third-order valence-electron chi connectivity index (χ3n) is 2.78. The number of hydrogen-bond acceptors (Lipinski definition) is 3. The molecule has 0 spiro atoms. The summed E-state index contributed by atoms with van der Waals surface area (Å²) >= 11 is 1.35. The van der Waals surface area contributed by atoms with Crippen molar-refractivity contribution in [1.29, 1.82) is 0 Å². The fourth-order valence-corrected chi connectivity index (χ4v) is 2.74. The average molecular weight is 218 g/mol. The van der Waals surface area contributed by atoms with Gasteiger partial charge in [0, 0.05) is 5.39 Å². The maximum Gasteiger partial charge on any atom is 0.269 e. The topological polar surface area (TPSA) is 56.0 Å². The standard InChI is InChI=1S/C11H10N2OS/c12-11(14)10-9-7(6-4-5-6)2-1-3-8(9)15-13-10/h1-3,6H,4-5H2,(H2,12,14). The molecular formula is C11H10N2OS. The molecule has 1 amide bonds. The number of carbonyl (C=O) groups is 1. The van der Waals surface area contributed by atoms with Crippen molar-refractivity contribution in [2.24, 2.45) is 5.73 Å². The Morgan fingerprint density at radius 2 is 2.27 bits per heavy atom. The van der Waals surface area contributed by atoms with Gasteiger partial charge < -0.3 is 5.73 Å². The molecule has 76 valence electrons. The van der Waals surface area contributed by atoms with Crippen LogP contribution in [0, 0.1) is 0 Å². The number of primary amides is 1. The van der Waals surface area contributed by atoms with Gasteiger partial charge in [0.1, 0.15) is 5.69 Å². The van der Waals surface area contributed by atoms with Crippen molar-refractivity contribution in [3.8, 4) is 0 Å². The van der Waals surface area contributed by atoms with E-state index in [1.54, 1.807) is 0 Å². The Bertz CT molecular complexity index is 543. The molecule has 1 aromatic carbocycles. The van der Waals surface area contributed by atoms with Gasteiger partial charge in [-0.25, -0.2) is 0 Å². The molecule has 1 aliphatic rings. The van der Waals surface area contributed by atoms with Gasteiger partial charge in [-0.05, 0) is 41.9 Å². The van der Waals surface area contributed by atoms with Crippen molar-refractivity contribution in [2.75, 3.05) is 0 Å². The lowest BCUT2D eigenvalue weighted by Gasteiger charge is -2.00. The summed E-state index contributed by atoms with van der Waals surface area (Å²) in [6, 6.07) is 6.10. The molecule has 1 aromatic heterocycles. The second kappa shape index (κ2) is 3.03. The Balaban J connectivity index is 2.33. The highest BCUT2D eigenvalue weighted by Gasteiger charge is 2.27. The summed E-state index contributed by atoms with van der Waals surface area (Å²) in [4.78, 5) is 11.2. The molecule has 0 aliphatic heterocycles. The first kappa shape index (κ1) is 8.85. The van der Waals surface area contributed by atoms with Gasteiger partial charge in [-0.2, -0.15) is 4.37 Å². The maximum absolute atomic E-state index is 11.2. The molecule has 1 aliphatic carbocycles. The number of fused-ring (bicyclic) bond motifs is 1. The molecule has 0 radical (unpaired) electrons. The maximum atomic E-state index is 11.2. The summed E-state index contributed by atoms with van der Waals surface area (Å²) in [5.41, 5.74) is 7.01. The Kier molecular flexibility index (Phi) is 1.79. The Hall–Kier alpha value is -1.42. The summed E-state index contributed by atoms with van der Waals surface area (Å²) in [6.45, 7) is 0. The highest BCUT2D eigenvalue weighted by Crippen LogP contribution is 2.44. The van der Waals surface area contributed by atoms with Crippen LogP contribution >= 0.6 is 11.5 Å². The summed E-state index contributed by atoms with van der Waals surface area (Å²) in [5.74, 6) is 0.192. The van der Waals surface area contributed by atoms with Crippen LogP contribution in [0.1, 0.15) is 34.8 Å². The van der Waals surface area contributed by atoms with E-state index in [-0.39, 0.29) is 0 Å². The van der Waals surface area contributed by atoms with E-state index in [0.717, 1.165) is 10.1 Å². The summed E-state index contributed by atoms with van der Waals surface area (Å²) in [7, 11) is 0. The van der Waals surface area contributed by atoms with E-state index in [4.69, 9.17) is 5.73 Å². The van der Waals surface area contributed by atoms with E-state index < -0.39 is 5.91 Å². The molecule has 2 aromatic rings. The fourth-order valence-electron chi connectivity index (χ4n) is 1.92. The minimum Gasteiger partial charge on any atom is -0.364 e. The van der Waals surface area contributed by atoms with E-state index in [1.165, 1.54) is 29.9 Å². The molecule has 1 heterocycles. The van der Waals surface area contributed by atoms with Crippen molar-refractivity contribution < 1.29 is 4.79 Å². The first-order valence-electron chi connectivity index (χ1n) is 4.95. The van der Waals surface area contributed by atoms with Crippen molar-refractivity contribution in [3.63, 3.8) is 0 Å². The van der Waals surface area contributed by atoms with Crippen molar-refractivity contribution in [1.82, 2.24) is 4.37 Å². The van der Waals surface area contributed by atoms with Crippen LogP contribution in [0.2, 0.25) is 0 Å². The van der Waals surface area contributed by atoms with Crippen LogP contribution in [-0.4, -0.2) is 10.3 Å². The number of benzene rings is 1. The quantitative estimate of drug-likeness (QED) is 0.840. The molecule has 0 atom stereocenters. The third kappa shape index (κ3) is 1.33. The minimum atomic E-state index is -0.422. The Labute approximate surface area is 91.1 Å². The third-order valence-corrected chi connectivity index (χ3v) is 3.59.